The molecule has 0 saturated heterocycles. The molecular weight excluding hydrogens is 601 g/mol. The monoisotopic (exact) mass is 632 g/mol. The van der Waals surface area contributed by atoms with Crippen LogP contribution in [0.15, 0.2) is 183 Å². The number of hydrogen-bond donors (Lipinski definition) is 1. The summed E-state index contributed by atoms with van der Waals surface area (Å²) in [5, 5.41) is 12.1. The molecule has 8 rings (SSSR count). The van der Waals surface area contributed by atoms with Crippen LogP contribution in [0.2, 0.25) is 0 Å². The summed E-state index contributed by atoms with van der Waals surface area (Å²) in [4.78, 5) is 18.3. The Labute approximate surface area is 285 Å². The molecule has 0 amide bonds. The van der Waals surface area contributed by atoms with Crippen LogP contribution < -0.4 is 0 Å². The number of aromatic nitrogens is 4. The summed E-state index contributed by atoms with van der Waals surface area (Å²) in [6, 6.07) is 43.2. The first kappa shape index (κ1) is 30.1. The van der Waals surface area contributed by atoms with Gasteiger partial charge in [-0.1, -0.05) is 97.1 Å². The Morgan fingerprint density at radius 3 is 1.61 bits per heavy atom. The highest BCUT2D eigenvalue weighted by Crippen LogP contribution is 2.44. The molecule has 7 aromatic rings. The molecule has 0 aliphatic heterocycles. The van der Waals surface area contributed by atoms with Crippen molar-refractivity contribution in [3.8, 4) is 44.6 Å². The fourth-order valence-corrected chi connectivity index (χ4v) is 6.65. The smallest absolute Gasteiger partial charge is 0.0912 e. The van der Waals surface area contributed by atoms with Crippen LogP contribution in [0, 0.1) is 0 Å². The number of aliphatic hydroxyl groups is 1. The Balaban J connectivity index is 1.30. The van der Waals surface area contributed by atoms with E-state index in [9.17, 15) is 5.11 Å². The van der Waals surface area contributed by atoms with Gasteiger partial charge < -0.3 is 5.11 Å². The molecule has 5 nitrogen and oxygen atoms in total. The molecule has 2 unspecified atom stereocenters. The molecule has 2 atom stereocenters. The SMILES string of the molecule is OC1C=CC(c2cccc(-c3cccnc3)c2)=CC1(c1cccc(-c2cccnc2)c1)c1cccc(-c2cccc(-c3cccnc3)c2)n1. The van der Waals surface area contributed by atoms with E-state index in [1.807, 2.05) is 79.3 Å². The highest BCUT2D eigenvalue weighted by molar-refractivity contribution is 5.82. The normalized spacial score (nSPS) is 17.0. The molecule has 0 fully saturated rings. The Morgan fingerprint density at radius 1 is 0.490 bits per heavy atom. The molecule has 0 bridgehead atoms. The Kier molecular flexibility index (Phi) is 8.02. The van der Waals surface area contributed by atoms with Crippen LogP contribution in [-0.4, -0.2) is 31.1 Å². The predicted octanol–water partition coefficient (Wildman–Crippen LogP) is 9.23. The Morgan fingerprint density at radius 2 is 1.00 bits per heavy atom. The zero-order valence-corrected chi connectivity index (χ0v) is 26.6. The largest absolute Gasteiger partial charge is 0.387 e. The maximum absolute atomic E-state index is 12.1. The predicted molar refractivity (Wildman–Crippen MR) is 196 cm³/mol. The van der Waals surface area contributed by atoms with Crippen molar-refractivity contribution in [3.63, 3.8) is 0 Å². The van der Waals surface area contributed by atoms with Gasteiger partial charge in [-0.3, -0.25) is 19.9 Å². The molecule has 1 aliphatic carbocycles. The highest BCUT2D eigenvalue weighted by atomic mass is 16.3. The lowest BCUT2D eigenvalue weighted by Gasteiger charge is -2.38. The molecular formula is C44H32N4O. The van der Waals surface area contributed by atoms with Gasteiger partial charge in [0.1, 0.15) is 0 Å². The average molecular weight is 633 g/mol. The number of allylic oxidation sites excluding steroid dienone is 2. The lowest BCUT2D eigenvalue weighted by molar-refractivity contribution is 0.168. The van der Waals surface area contributed by atoms with E-state index in [4.69, 9.17) is 4.98 Å². The third-order valence-electron chi connectivity index (χ3n) is 9.16. The van der Waals surface area contributed by atoms with Crippen molar-refractivity contribution < 1.29 is 5.11 Å². The summed E-state index contributed by atoms with van der Waals surface area (Å²) in [6.07, 6.45) is 16.1. The molecule has 0 saturated carbocycles. The average Bonchev–Trinajstić information content (AvgIpc) is 3.19. The summed E-state index contributed by atoms with van der Waals surface area (Å²) in [5.41, 5.74) is 10.8. The second-order valence-corrected chi connectivity index (χ2v) is 12.1. The van der Waals surface area contributed by atoms with Crippen molar-refractivity contribution in [2.24, 2.45) is 0 Å². The van der Waals surface area contributed by atoms with E-state index in [2.05, 4.69) is 99.9 Å². The minimum absolute atomic E-state index is 0.748. The maximum atomic E-state index is 12.1. The third-order valence-corrected chi connectivity index (χ3v) is 9.16. The lowest BCUT2D eigenvalue weighted by atomic mass is 9.68. The quantitative estimate of drug-likeness (QED) is 0.190. The van der Waals surface area contributed by atoms with E-state index >= 15 is 0 Å². The van der Waals surface area contributed by atoms with Gasteiger partial charge in [-0.2, -0.15) is 0 Å². The van der Waals surface area contributed by atoms with Crippen molar-refractivity contribution in [2.75, 3.05) is 0 Å². The molecule has 0 spiro atoms. The molecule has 234 valence electrons. The Hall–Kier alpha value is -6.30. The summed E-state index contributed by atoms with van der Waals surface area (Å²) >= 11 is 0. The highest BCUT2D eigenvalue weighted by Gasteiger charge is 2.42. The molecule has 5 heteroatoms. The van der Waals surface area contributed by atoms with Crippen molar-refractivity contribution in [1.82, 2.24) is 19.9 Å². The van der Waals surface area contributed by atoms with E-state index < -0.39 is 11.5 Å². The first-order chi connectivity index (χ1) is 24.2. The number of pyridine rings is 4. The summed E-state index contributed by atoms with van der Waals surface area (Å²) in [5.74, 6) is 0. The molecule has 1 N–H and O–H groups in total. The minimum atomic E-state index is -0.996. The molecule has 0 radical (unpaired) electrons. The molecule has 4 aromatic heterocycles. The topological polar surface area (TPSA) is 71.8 Å². The Bertz CT molecular complexity index is 2300. The van der Waals surface area contributed by atoms with Gasteiger partial charge in [-0.25, -0.2) is 0 Å². The third kappa shape index (κ3) is 5.88. The first-order valence-corrected chi connectivity index (χ1v) is 16.3. The van der Waals surface area contributed by atoms with Crippen LogP contribution in [0.4, 0.5) is 0 Å². The van der Waals surface area contributed by atoms with E-state index in [0.717, 1.165) is 67.0 Å². The first-order valence-electron chi connectivity index (χ1n) is 16.3. The fourth-order valence-electron chi connectivity index (χ4n) is 6.65. The van der Waals surface area contributed by atoms with Gasteiger partial charge in [0, 0.05) is 53.9 Å². The van der Waals surface area contributed by atoms with E-state index in [-0.39, 0.29) is 0 Å². The van der Waals surface area contributed by atoms with Crippen molar-refractivity contribution in [3.05, 3.63) is 200 Å². The second-order valence-electron chi connectivity index (χ2n) is 12.1. The molecule has 49 heavy (non-hydrogen) atoms. The minimum Gasteiger partial charge on any atom is -0.387 e. The number of rotatable bonds is 7. The summed E-state index contributed by atoms with van der Waals surface area (Å²) < 4.78 is 0. The fraction of sp³-hybridized carbons (Fsp3) is 0.0455. The number of nitrogens with zero attached hydrogens (tertiary/aromatic N) is 4. The standard InChI is InChI=1S/C44H32N4O/c49-43-20-19-36(31-8-1-9-32(24-31)37-13-5-21-45-28-37)27-44(43,40-16-3-11-34(26-40)39-15-7-23-47-30-39)42-18-4-17-41(48-42)35-12-2-10-33(25-35)38-14-6-22-46-29-38/h1-30,43,49H. The van der Waals surface area contributed by atoms with Gasteiger partial charge in [0.15, 0.2) is 0 Å². The van der Waals surface area contributed by atoms with Crippen molar-refractivity contribution in [2.45, 2.75) is 11.5 Å². The van der Waals surface area contributed by atoms with Crippen LogP contribution in [0.5, 0.6) is 0 Å². The molecule has 1 aliphatic rings. The molecule has 4 heterocycles. The lowest BCUT2D eigenvalue weighted by Crippen LogP contribution is -2.40. The van der Waals surface area contributed by atoms with E-state index in [0.29, 0.717) is 0 Å². The summed E-state index contributed by atoms with van der Waals surface area (Å²) in [6.45, 7) is 0. The van der Waals surface area contributed by atoms with Crippen LogP contribution in [0.3, 0.4) is 0 Å². The van der Waals surface area contributed by atoms with Gasteiger partial charge in [0.05, 0.1) is 22.9 Å². The number of aliphatic hydroxyl groups excluding tert-OH is 1. The zero-order valence-electron chi connectivity index (χ0n) is 26.6. The zero-order chi connectivity index (χ0) is 33.0. The van der Waals surface area contributed by atoms with Crippen LogP contribution >= 0.6 is 0 Å². The van der Waals surface area contributed by atoms with Gasteiger partial charge in [-0.15, -0.1) is 0 Å². The van der Waals surface area contributed by atoms with E-state index in [1.165, 1.54) is 0 Å². The van der Waals surface area contributed by atoms with Crippen LogP contribution in [0.25, 0.3) is 50.2 Å². The van der Waals surface area contributed by atoms with Crippen molar-refractivity contribution >= 4 is 5.57 Å². The summed E-state index contributed by atoms with van der Waals surface area (Å²) in [7, 11) is 0. The van der Waals surface area contributed by atoms with Gasteiger partial charge in [-0.05, 0) is 87.5 Å². The number of hydrogen-bond acceptors (Lipinski definition) is 5. The van der Waals surface area contributed by atoms with Gasteiger partial charge in [0.2, 0.25) is 0 Å². The molecule has 3 aromatic carbocycles. The van der Waals surface area contributed by atoms with Crippen molar-refractivity contribution in [1.29, 1.82) is 0 Å². The number of benzene rings is 3. The second kappa shape index (κ2) is 13.1. The van der Waals surface area contributed by atoms with Gasteiger partial charge in [0.25, 0.3) is 0 Å². The maximum Gasteiger partial charge on any atom is 0.0912 e. The van der Waals surface area contributed by atoms with E-state index in [1.54, 1.807) is 18.6 Å². The van der Waals surface area contributed by atoms with Gasteiger partial charge >= 0.3 is 0 Å². The van der Waals surface area contributed by atoms with Crippen LogP contribution in [-0.2, 0) is 5.41 Å². The van der Waals surface area contributed by atoms with Crippen LogP contribution in [0.1, 0.15) is 16.8 Å².